The summed E-state index contributed by atoms with van der Waals surface area (Å²) in [4.78, 5) is 14.8. The lowest BCUT2D eigenvalue weighted by atomic mass is 10.2. The van der Waals surface area contributed by atoms with Crippen molar-refractivity contribution in [1.82, 2.24) is 4.90 Å². The molecule has 0 atom stereocenters. The Bertz CT molecular complexity index is 514. The SMILES string of the molecule is CCN(CCCC(=O)Nc1cccc(C(N)=S)c1)C1CC1. The first-order valence-corrected chi connectivity index (χ1v) is 7.94. The van der Waals surface area contributed by atoms with Crippen LogP contribution in [0, 0.1) is 0 Å². The van der Waals surface area contributed by atoms with Crippen molar-refractivity contribution in [3.63, 3.8) is 0 Å². The third kappa shape index (κ3) is 5.10. The molecule has 1 aliphatic carbocycles. The first kappa shape index (κ1) is 15.9. The molecule has 0 saturated heterocycles. The average Bonchev–Trinajstić information content (AvgIpc) is 3.28. The van der Waals surface area contributed by atoms with E-state index in [9.17, 15) is 4.79 Å². The van der Waals surface area contributed by atoms with Crippen LogP contribution in [-0.4, -0.2) is 34.9 Å². The maximum atomic E-state index is 12.0. The highest BCUT2D eigenvalue weighted by molar-refractivity contribution is 7.80. The molecule has 1 aliphatic rings. The fourth-order valence-corrected chi connectivity index (χ4v) is 2.58. The van der Waals surface area contributed by atoms with Gasteiger partial charge in [-0.1, -0.05) is 31.3 Å². The number of nitrogens with zero attached hydrogens (tertiary/aromatic N) is 1. The summed E-state index contributed by atoms with van der Waals surface area (Å²) in [6.07, 6.45) is 4.06. The zero-order valence-corrected chi connectivity index (χ0v) is 13.3. The van der Waals surface area contributed by atoms with E-state index in [1.165, 1.54) is 12.8 Å². The number of hydrogen-bond acceptors (Lipinski definition) is 3. The molecule has 4 nitrogen and oxygen atoms in total. The second kappa shape index (κ2) is 7.52. The van der Waals surface area contributed by atoms with Crippen LogP contribution < -0.4 is 11.1 Å². The fourth-order valence-electron chi connectivity index (χ4n) is 2.45. The summed E-state index contributed by atoms with van der Waals surface area (Å²) in [6.45, 7) is 4.25. The monoisotopic (exact) mass is 305 g/mol. The highest BCUT2D eigenvalue weighted by Gasteiger charge is 2.27. The highest BCUT2D eigenvalue weighted by Crippen LogP contribution is 2.26. The van der Waals surface area contributed by atoms with Gasteiger partial charge < -0.3 is 16.0 Å². The summed E-state index contributed by atoms with van der Waals surface area (Å²) >= 11 is 4.94. The van der Waals surface area contributed by atoms with Crippen molar-refractivity contribution in [2.45, 2.75) is 38.6 Å². The Morgan fingerprint density at radius 1 is 1.48 bits per heavy atom. The van der Waals surface area contributed by atoms with Gasteiger partial charge >= 0.3 is 0 Å². The van der Waals surface area contributed by atoms with Crippen LogP contribution in [0.5, 0.6) is 0 Å². The Morgan fingerprint density at radius 3 is 2.86 bits per heavy atom. The fraction of sp³-hybridized carbons (Fsp3) is 0.500. The molecule has 5 heteroatoms. The van der Waals surface area contributed by atoms with Gasteiger partial charge in [0.25, 0.3) is 0 Å². The molecule has 0 spiro atoms. The van der Waals surface area contributed by atoms with E-state index >= 15 is 0 Å². The van der Waals surface area contributed by atoms with E-state index in [1.54, 1.807) is 0 Å². The molecule has 114 valence electrons. The standard InChI is InChI=1S/C16H23N3OS/c1-2-19(14-8-9-14)10-4-7-15(20)18-13-6-3-5-12(11-13)16(17)21/h3,5-6,11,14H,2,4,7-10H2,1H3,(H2,17,21)(H,18,20). The average molecular weight is 305 g/mol. The minimum Gasteiger partial charge on any atom is -0.389 e. The van der Waals surface area contributed by atoms with Crippen LogP contribution in [0.15, 0.2) is 24.3 Å². The normalized spacial score (nSPS) is 14.2. The van der Waals surface area contributed by atoms with E-state index < -0.39 is 0 Å². The van der Waals surface area contributed by atoms with Gasteiger partial charge in [0.15, 0.2) is 0 Å². The van der Waals surface area contributed by atoms with Gasteiger partial charge in [-0.2, -0.15) is 0 Å². The van der Waals surface area contributed by atoms with Crippen LogP contribution >= 0.6 is 12.2 Å². The zero-order valence-electron chi connectivity index (χ0n) is 12.5. The lowest BCUT2D eigenvalue weighted by molar-refractivity contribution is -0.116. The summed E-state index contributed by atoms with van der Waals surface area (Å²) in [6, 6.07) is 8.11. The molecule has 1 amide bonds. The van der Waals surface area contributed by atoms with Gasteiger partial charge in [0.2, 0.25) is 5.91 Å². The lowest BCUT2D eigenvalue weighted by Crippen LogP contribution is -2.27. The van der Waals surface area contributed by atoms with E-state index in [-0.39, 0.29) is 5.91 Å². The molecule has 2 rings (SSSR count). The van der Waals surface area contributed by atoms with Gasteiger partial charge in [0, 0.05) is 23.7 Å². The first-order valence-electron chi connectivity index (χ1n) is 7.54. The molecular weight excluding hydrogens is 282 g/mol. The van der Waals surface area contributed by atoms with Gasteiger partial charge in [0.05, 0.1) is 0 Å². The van der Waals surface area contributed by atoms with E-state index in [2.05, 4.69) is 17.1 Å². The van der Waals surface area contributed by atoms with Crippen LogP contribution in [0.4, 0.5) is 5.69 Å². The van der Waals surface area contributed by atoms with Crippen molar-refractivity contribution in [2.75, 3.05) is 18.4 Å². The quantitative estimate of drug-likeness (QED) is 0.725. The number of rotatable bonds is 8. The molecule has 0 aromatic heterocycles. The Labute approximate surface area is 131 Å². The second-order valence-corrected chi connectivity index (χ2v) is 5.90. The van der Waals surface area contributed by atoms with Crippen molar-refractivity contribution < 1.29 is 4.79 Å². The van der Waals surface area contributed by atoms with Crippen molar-refractivity contribution in [3.05, 3.63) is 29.8 Å². The van der Waals surface area contributed by atoms with Crippen molar-refractivity contribution >= 4 is 28.8 Å². The summed E-state index contributed by atoms with van der Waals surface area (Å²) in [5.41, 5.74) is 7.11. The number of nitrogens with two attached hydrogens (primary N) is 1. The summed E-state index contributed by atoms with van der Waals surface area (Å²) in [5, 5.41) is 2.90. The maximum Gasteiger partial charge on any atom is 0.224 e. The molecule has 1 aromatic carbocycles. The van der Waals surface area contributed by atoms with Crippen LogP contribution in [0.2, 0.25) is 0 Å². The van der Waals surface area contributed by atoms with Crippen LogP contribution in [0.1, 0.15) is 38.2 Å². The van der Waals surface area contributed by atoms with Gasteiger partial charge in [-0.15, -0.1) is 0 Å². The minimum absolute atomic E-state index is 0.0435. The molecule has 0 unspecified atom stereocenters. The Hall–Kier alpha value is -1.46. The van der Waals surface area contributed by atoms with E-state index in [0.717, 1.165) is 36.8 Å². The van der Waals surface area contributed by atoms with Crippen LogP contribution in [0.25, 0.3) is 0 Å². The number of anilines is 1. The number of carbonyl (C=O) groups excluding carboxylic acids is 1. The molecule has 1 aromatic rings. The van der Waals surface area contributed by atoms with Gasteiger partial charge in [0.1, 0.15) is 4.99 Å². The minimum atomic E-state index is 0.0435. The highest BCUT2D eigenvalue weighted by atomic mass is 32.1. The number of hydrogen-bond donors (Lipinski definition) is 2. The van der Waals surface area contributed by atoms with Crippen molar-refractivity contribution in [2.24, 2.45) is 5.73 Å². The largest absolute Gasteiger partial charge is 0.389 e. The van der Waals surface area contributed by atoms with Gasteiger partial charge in [-0.25, -0.2) is 0 Å². The lowest BCUT2D eigenvalue weighted by Gasteiger charge is -2.19. The number of amides is 1. The molecule has 21 heavy (non-hydrogen) atoms. The zero-order chi connectivity index (χ0) is 15.2. The summed E-state index contributed by atoms with van der Waals surface area (Å²) in [5.74, 6) is 0.0435. The van der Waals surface area contributed by atoms with E-state index in [1.807, 2.05) is 24.3 Å². The topological polar surface area (TPSA) is 58.4 Å². The smallest absolute Gasteiger partial charge is 0.224 e. The van der Waals surface area contributed by atoms with Gasteiger partial charge in [-0.05, 0) is 44.5 Å². The number of benzene rings is 1. The molecule has 0 bridgehead atoms. The molecule has 0 heterocycles. The number of carbonyl (C=O) groups is 1. The molecule has 0 aliphatic heterocycles. The summed E-state index contributed by atoms with van der Waals surface area (Å²) in [7, 11) is 0. The van der Waals surface area contributed by atoms with Crippen LogP contribution in [-0.2, 0) is 4.79 Å². The maximum absolute atomic E-state index is 12.0. The Balaban J connectivity index is 1.76. The Kier molecular flexibility index (Phi) is 5.70. The van der Waals surface area contributed by atoms with Crippen LogP contribution in [0.3, 0.4) is 0 Å². The third-order valence-corrected chi connectivity index (χ3v) is 3.99. The third-order valence-electron chi connectivity index (χ3n) is 3.75. The molecule has 1 fully saturated rings. The molecule has 1 saturated carbocycles. The number of nitrogens with one attached hydrogen (secondary N) is 1. The first-order chi connectivity index (χ1) is 10.1. The van der Waals surface area contributed by atoms with Crippen molar-refractivity contribution in [1.29, 1.82) is 0 Å². The predicted octanol–water partition coefficient (Wildman–Crippen LogP) is 2.52. The van der Waals surface area contributed by atoms with Gasteiger partial charge in [-0.3, -0.25) is 4.79 Å². The van der Waals surface area contributed by atoms with E-state index in [4.69, 9.17) is 18.0 Å². The van der Waals surface area contributed by atoms with Crippen molar-refractivity contribution in [3.8, 4) is 0 Å². The Morgan fingerprint density at radius 2 is 2.24 bits per heavy atom. The summed E-state index contributed by atoms with van der Waals surface area (Å²) < 4.78 is 0. The number of thiocarbonyl (C=S) groups is 1. The molecular formula is C16H23N3OS. The van der Waals surface area contributed by atoms with E-state index in [0.29, 0.717) is 11.4 Å². The molecule has 0 radical (unpaired) electrons. The molecule has 3 N–H and O–H groups in total. The second-order valence-electron chi connectivity index (χ2n) is 5.46. The predicted molar refractivity (Wildman–Crippen MR) is 90.5 cm³/mol.